The largest absolute Gasteiger partial charge is 0.332 e. The van der Waals surface area contributed by atoms with E-state index in [0.29, 0.717) is 13.1 Å². The number of nitrogens with zero attached hydrogens (tertiary/aromatic N) is 2. The maximum Gasteiger partial charge on any atom is 0.242 e. The van der Waals surface area contributed by atoms with Crippen molar-refractivity contribution >= 4 is 23.2 Å². The van der Waals surface area contributed by atoms with Gasteiger partial charge in [0.2, 0.25) is 11.8 Å². The molecule has 1 saturated carbocycles. The Balaban J connectivity index is 1.52. The van der Waals surface area contributed by atoms with E-state index in [9.17, 15) is 14.0 Å². The number of carbonyl (C=O) groups is 2. The zero-order valence-corrected chi connectivity index (χ0v) is 20.2. The summed E-state index contributed by atoms with van der Waals surface area (Å²) >= 11 is 1.63. The Bertz CT molecular complexity index is 1050. The van der Waals surface area contributed by atoms with Crippen LogP contribution >= 0.6 is 11.3 Å². The summed E-state index contributed by atoms with van der Waals surface area (Å²) in [5.41, 5.74) is 1.83. The normalized spacial score (nSPS) is 14.0. The van der Waals surface area contributed by atoms with Crippen molar-refractivity contribution in [1.82, 2.24) is 9.80 Å². The average Bonchev–Trinajstić information content (AvgIpc) is 3.38. The second kappa shape index (κ2) is 11.9. The third-order valence-electron chi connectivity index (χ3n) is 6.41. The van der Waals surface area contributed by atoms with E-state index in [1.165, 1.54) is 18.6 Å². The summed E-state index contributed by atoms with van der Waals surface area (Å²) in [5, 5.41) is 2.01. The molecule has 2 aromatic carbocycles. The van der Waals surface area contributed by atoms with Crippen LogP contribution in [0.5, 0.6) is 0 Å². The summed E-state index contributed by atoms with van der Waals surface area (Å²) in [6.07, 6.45) is 5.33. The van der Waals surface area contributed by atoms with Crippen LogP contribution in [-0.4, -0.2) is 34.2 Å². The zero-order chi connectivity index (χ0) is 23.8. The molecule has 0 unspecified atom stereocenters. The fraction of sp³-hybridized carbons (Fsp3) is 0.357. The van der Waals surface area contributed by atoms with E-state index < -0.39 is 0 Å². The van der Waals surface area contributed by atoms with Gasteiger partial charge in [0, 0.05) is 17.5 Å². The lowest BCUT2D eigenvalue weighted by Gasteiger charge is -2.35. The summed E-state index contributed by atoms with van der Waals surface area (Å²) in [5.74, 6) is -0.432. The average molecular weight is 479 g/mol. The number of benzene rings is 2. The molecule has 34 heavy (non-hydrogen) atoms. The molecule has 1 aliphatic carbocycles. The number of rotatable bonds is 9. The van der Waals surface area contributed by atoms with Gasteiger partial charge in [0.15, 0.2) is 0 Å². The molecule has 0 radical (unpaired) electrons. The Kier molecular flexibility index (Phi) is 8.47. The highest BCUT2D eigenvalue weighted by atomic mass is 32.1. The van der Waals surface area contributed by atoms with Crippen LogP contribution in [0.15, 0.2) is 72.1 Å². The number of amides is 2. The summed E-state index contributed by atoms with van der Waals surface area (Å²) in [4.78, 5) is 31.8. The number of carbonyl (C=O) groups excluding carboxylic acids is 2. The molecule has 6 heteroatoms. The van der Waals surface area contributed by atoms with E-state index in [-0.39, 0.29) is 36.6 Å². The molecule has 0 spiro atoms. The molecule has 2 amide bonds. The highest BCUT2D eigenvalue weighted by Crippen LogP contribution is 2.24. The maximum atomic E-state index is 13.6. The summed E-state index contributed by atoms with van der Waals surface area (Å²) in [6, 6.07) is 20.1. The van der Waals surface area contributed by atoms with Gasteiger partial charge < -0.3 is 9.80 Å². The number of halogens is 1. The zero-order valence-electron chi connectivity index (χ0n) is 19.4. The molecular formula is C28H31FN2O2S. The maximum absolute atomic E-state index is 13.6. The van der Waals surface area contributed by atoms with E-state index in [0.717, 1.165) is 41.7 Å². The first kappa shape index (κ1) is 24.1. The standard InChI is InChI=1S/C28H31FN2O2S/c29-24-15-13-22(14-16-24)18-27(32)31(25-10-5-2-6-11-25)21-28(33)30(20-26-12-7-17-34-26)19-23-8-3-1-4-9-23/h1,3-4,7-9,12-17,25H,2,5-6,10-11,18-21H2. The van der Waals surface area contributed by atoms with Crippen molar-refractivity contribution in [3.05, 3.63) is 93.9 Å². The van der Waals surface area contributed by atoms with Gasteiger partial charge in [-0.05, 0) is 47.5 Å². The van der Waals surface area contributed by atoms with E-state index in [4.69, 9.17) is 0 Å². The van der Waals surface area contributed by atoms with Crippen molar-refractivity contribution in [2.24, 2.45) is 0 Å². The smallest absolute Gasteiger partial charge is 0.242 e. The second-order valence-corrected chi connectivity index (χ2v) is 9.96. The molecule has 0 bridgehead atoms. The van der Waals surface area contributed by atoms with Crippen LogP contribution in [0.1, 0.15) is 48.1 Å². The molecule has 4 nitrogen and oxygen atoms in total. The monoisotopic (exact) mass is 478 g/mol. The third kappa shape index (κ3) is 6.76. The van der Waals surface area contributed by atoms with Gasteiger partial charge in [0.05, 0.1) is 13.0 Å². The van der Waals surface area contributed by atoms with Gasteiger partial charge in [-0.15, -0.1) is 11.3 Å². The topological polar surface area (TPSA) is 40.6 Å². The van der Waals surface area contributed by atoms with Gasteiger partial charge >= 0.3 is 0 Å². The van der Waals surface area contributed by atoms with Gasteiger partial charge in [-0.25, -0.2) is 4.39 Å². The van der Waals surface area contributed by atoms with Crippen molar-refractivity contribution in [2.45, 2.75) is 57.7 Å². The molecule has 0 saturated heterocycles. The number of thiophene rings is 1. The molecule has 178 valence electrons. The van der Waals surface area contributed by atoms with Crippen LogP contribution in [0.3, 0.4) is 0 Å². The Labute approximate surface area is 205 Å². The number of hydrogen-bond acceptors (Lipinski definition) is 3. The molecule has 1 aliphatic rings. The lowest BCUT2D eigenvalue weighted by molar-refractivity contribution is -0.143. The minimum absolute atomic E-state index is 0.0460. The van der Waals surface area contributed by atoms with Crippen LogP contribution < -0.4 is 0 Å². The molecule has 4 rings (SSSR count). The molecule has 0 N–H and O–H groups in total. The van der Waals surface area contributed by atoms with Gasteiger partial charge in [0.1, 0.15) is 12.4 Å². The minimum Gasteiger partial charge on any atom is -0.332 e. The quantitative estimate of drug-likeness (QED) is 0.389. The van der Waals surface area contributed by atoms with E-state index in [1.807, 2.05) is 52.7 Å². The Morgan fingerprint density at radius 1 is 0.824 bits per heavy atom. The first-order chi connectivity index (χ1) is 16.6. The summed E-state index contributed by atoms with van der Waals surface area (Å²) in [6.45, 7) is 1.10. The Hall–Kier alpha value is -2.99. The Morgan fingerprint density at radius 3 is 2.24 bits per heavy atom. The van der Waals surface area contributed by atoms with Crippen molar-refractivity contribution in [1.29, 1.82) is 0 Å². The highest BCUT2D eigenvalue weighted by Gasteiger charge is 2.29. The van der Waals surface area contributed by atoms with Crippen molar-refractivity contribution in [3.63, 3.8) is 0 Å². The fourth-order valence-electron chi connectivity index (χ4n) is 4.56. The SMILES string of the molecule is O=C(CN(C(=O)Cc1ccc(F)cc1)C1CCCCC1)N(Cc1ccccc1)Cc1cccs1. The van der Waals surface area contributed by atoms with Gasteiger partial charge in [-0.3, -0.25) is 9.59 Å². The summed E-state index contributed by atoms with van der Waals surface area (Å²) < 4.78 is 13.3. The molecule has 0 aliphatic heterocycles. The highest BCUT2D eigenvalue weighted by molar-refractivity contribution is 7.09. The van der Waals surface area contributed by atoms with Crippen LogP contribution in [-0.2, 0) is 29.1 Å². The van der Waals surface area contributed by atoms with Crippen LogP contribution in [0.25, 0.3) is 0 Å². The molecule has 1 aromatic heterocycles. The number of hydrogen-bond donors (Lipinski definition) is 0. The lowest BCUT2D eigenvalue weighted by Crippen LogP contribution is -2.48. The van der Waals surface area contributed by atoms with Gasteiger partial charge in [-0.2, -0.15) is 0 Å². The minimum atomic E-state index is -0.319. The molecule has 3 aromatic rings. The molecule has 1 fully saturated rings. The van der Waals surface area contributed by atoms with Crippen molar-refractivity contribution in [2.75, 3.05) is 6.54 Å². The van der Waals surface area contributed by atoms with Crippen molar-refractivity contribution < 1.29 is 14.0 Å². The molecular weight excluding hydrogens is 447 g/mol. The first-order valence-electron chi connectivity index (χ1n) is 12.0. The predicted octanol–water partition coefficient (Wildman–Crippen LogP) is 5.82. The Morgan fingerprint density at radius 2 is 1.56 bits per heavy atom. The van der Waals surface area contributed by atoms with Gasteiger partial charge in [-0.1, -0.05) is 67.8 Å². The first-order valence-corrected chi connectivity index (χ1v) is 12.8. The van der Waals surface area contributed by atoms with Crippen LogP contribution in [0.4, 0.5) is 4.39 Å². The summed E-state index contributed by atoms with van der Waals surface area (Å²) in [7, 11) is 0. The van der Waals surface area contributed by atoms with E-state index in [2.05, 4.69) is 0 Å². The van der Waals surface area contributed by atoms with Crippen LogP contribution in [0.2, 0.25) is 0 Å². The lowest BCUT2D eigenvalue weighted by atomic mass is 9.93. The van der Waals surface area contributed by atoms with Crippen LogP contribution in [0, 0.1) is 5.82 Å². The van der Waals surface area contributed by atoms with E-state index in [1.54, 1.807) is 28.4 Å². The fourth-order valence-corrected chi connectivity index (χ4v) is 5.28. The van der Waals surface area contributed by atoms with Gasteiger partial charge in [0.25, 0.3) is 0 Å². The molecule has 0 atom stereocenters. The van der Waals surface area contributed by atoms with E-state index >= 15 is 0 Å². The third-order valence-corrected chi connectivity index (χ3v) is 7.27. The van der Waals surface area contributed by atoms with Crippen molar-refractivity contribution in [3.8, 4) is 0 Å². The predicted molar refractivity (Wildman–Crippen MR) is 134 cm³/mol. The molecule has 1 heterocycles. The second-order valence-electron chi connectivity index (χ2n) is 8.93.